The van der Waals surface area contributed by atoms with Crippen LogP contribution in [0.2, 0.25) is 0 Å². The van der Waals surface area contributed by atoms with Crippen LogP contribution in [0.15, 0.2) is 40.3 Å². The summed E-state index contributed by atoms with van der Waals surface area (Å²) in [4.78, 5) is 25.1. The minimum atomic E-state index is 0.199. The number of aliphatic imine (C=N–C) groups is 2. The number of nitrogens with two attached hydrogens (primary N) is 1. The highest BCUT2D eigenvalue weighted by Crippen LogP contribution is 2.23. The van der Waals surface area contributed by atoms with Crippen molar-refractivity contribution >= 4 is 23.7 Å². The Bertz CT molecular complexity index is 813. The van der Waals surface area contributed by atoms with Gasteiger partial charge in [0.1, 0.15) is 12.2 Å². The summed E-state index contributed by atoms with van der Waals surface area (Å²) in [5, 5.41) is 0. The summed E-state index contributed by atoms with van der Waals surface area (Å²) in [5.41, 5.74) is 9.34. The molecule has 0 unspecified atom stereocenters. The van der Waals surface area contributed by atoms with E-state index in [9.17, 15) is 4.79 Å². The molecule has 0 aliphatic carbocycles. The molecular formula is C23H33N5O2. The lowest BCUT2D eigenvalue weighted by molar-refractivity contribution is -0.131. The standard InChI is InChI=1S/C23H33N5O2/c1-17(2)25-16-26-23(24)20-6-4-18(5-7-20)19-8-12-28(13-9-19)22(29)15-27-11-10-21(14-27)30-3/h4-8,16-17,21H,9-15H2,1-3H3,(H2,24,25,26)/t21-/m0/s1. The summed E-state index contributed by atoms with van der Waals surface area (Å²) in [6.07, 6.45) is 5.79. The molecule has 7 heteroatoms. The van der Waals surface area contributed by atoms with Crippen LogP contribution in [-0.2, 0) is 9.53 Å². The summed E-state index contributed by atoms with van der Waals surface area (Å²) < 4.78 is 5.39. The fourth-order valence-corrected chi connectivity index (χ4v) is 3.74. The molecule has 1 aromatic carbocycles. The van der Waals surface area contributed by atoms with E-state index >= 15 is 0 Å². The van der Waals surface area contributed by atoms with Crippen molar-refractivity contribution in [1.29, 1.82) is 0 Å². The van der Waals surface area contributed by atoms with Gasteiger partial charge in [0.2, 0.25) is 5.91 Å². The highest BCUT2D eigenvalue weighted by atomic mass is 16.5. The number of nitrogens with zero attached hydrogens (tertiary/aromatic N) is 4. The zero-order valence-corrected chi connectivity index (χ0v) is 18.3. The van der Waals surface area contributed by atoms with Gasteiger partial charge in [0, 0.05) is 44.9 Å². The number of hydrogen-bond donors (Lipinski definition) is 1. The molecule has 0 saturated carbocycles. The first-order valence-electron chi connectivity index (χ1n) is 10.6. The van der Waals surface area contributed by atoms with Crippen molar-refractivity contribution < 1.29 is 9.53 Å². The zero-order chi connectivity index (χ0) is 21.5. The molecule has 7 nitrogen and oxygen atoms in total. The number of hydrogen-bond acceptors (Lipinski definition) is 4. The highest BCUT2D eigenvalue weighted by molar-refractivity contribution is 6.01. The van der Waals surface area contributed by atoms with Gasteiger partial charge in [0.05, 0.1) is 12.6 Å². The Labute approximate surface area is 179 Å². The van der Waals surface area contributed by atoms with E-state index in [1.54, 1.807) is 7.11 Å². The molecule has 1 aromatic rings. The van der Waals surface area contributed by atoms with Gasteiger partial charge in [-0.1, -0.05) is 30.3 Å². The van der Waals surface area contributed by atoms with Gasteiger partial charge in [0.15, 0.2) is 0 Å². The van der Waals surface area contributed by atoms with E-state index in [0.717, 1.165) is 43.6 Å². The molecule has 1 saturated heterocycles. The minimum absolute atomic E-state index is 0.199. The smallest absolute Gasteiger partial charge is 0.237 e. The largest absolute Gasteiger partial charge is 0.383 e. The van der Waals surface area contributed by atoms with Gasteiger partial charge < -0.3 is 15.4 Å². The molecule has 0 radical (unpaired) electrons. The molecule has 1 fully saturated rings. The van der Waals surface area contributed by atoms with Crippen molar-refractivity contribution in [2.75, 3.05) is 39.8 Å². The maximum absolute atomic E-state index is 12.6. The highest BCUT2D eigenvalue weighted by Gasteiger charge is 2.26. The van der Waals surface area contributed by atoms with Gasteiger partial charge in [-0.3, -0.25) is 14.7 Å². The second kappa shape index (κ2) is 10.5. The van der Waals surface area contributed by atoms with E-state index < -0.39 is 0 Å². The molecule has 3 rings (SSSR count). The van der Waals surface area contributed by atoms with Crippen LogP contribution < -0.4 is 5.73 Å². The van der Waals surface area contributed by atoms with E-state index in [-0.39, 0.29) is 18.1 Å². The van der Waals surface area contributed by atoms with Crippen LogP contribution in [0.5, 0.6) is 0 Å². The average molecular weight is 412 g/mol. The van der Waals surface area contributed by atoms with Crippen LogP contribution in [0, 0.1) is 0 Å². The van der Waals surface area contributed by atoms with Crippen molar-refractivity contribution in [2.45, 2.75) is 38.8 Å². The van der Waals surface area contributed by atoms with E-state index in [0.29, 0.717) is 18.9 Å². The van der Waals surface area contributed by atoms with Crippen LogP contribution in [0.4, 0.5) is 0 Å². The molecule has 162 valence electrons. The van der Waals surface area contributed by atoms with Gasteiger partial charge in [-0.2, -0.15) is 0 Å². The molecule has 0 spiro atoms. The first-order chi connectivity index (χ1) is 14.5. The summed E-state index contributed by atoms with van der Waals surface area (Å²) in [5.74, 6) is 0.655. The number of amidine groups is 1. The van der Waals surface area contributed by atoms with E-state index in [1.165, 1.54) is 11.9 Å². The molecule has 2 N–H and O–H groups in total. The SMILES string of the molecule is CO[C@H]1CCN(CC(=O)N2CC=C(c3ccc(C(N)=NC=NC(C)C)cc3)CC2)C1. The quantitative estimate of drug-likeness (QED) is 0.551. The summed E-state index contributed by atoms with van der Waals surface area (Å²) in [7, 11) is 1.74. The number of likely N-dealkylation sites (tertiary alicyclic amines) is 1. The van der Waals surface area contributed by atoms with Gasteiger partial charge in [0.25, 0.3) is 0 Å². The molecular weight excluding hydrogens is 378 g/mol. The van der Waals surface area contributed by atoms with E-state index in [4.69, 9.17) is 10.5 Å². The number of rotatable bonds is 7. The molecule has 2 aliphatic heterocycles. The maximum Gasteiger partial charge on any atom is 0.237 e. The number of ether oxygens (including phenoxy) is 1. The Morgan fingerprint density at radius 1 is 1.30 bits per heavy atom. The molecule has 2 heterocycles. The second-order valence-electron chi connectivity index (χ2n) is 8.15. The molecule has 30 heavy (non-hydrogen) atoms. The molecule has 0 aromatic heterocycles. The second-order valence-corrected chi connectivity index (χ2v) is 8.15. The Balaban J connectivity index is 1.54. The zero-order valence-electron chi connectivity index (χ0n) is 18.3. The average Bonchev–Trinajstić information content (AvgIpc) is 3.21. The predicted molar refractivity (Wildman–Crippen MR) is 122 cm³/mol. The van der Waals surface area contributed by atoms with Crippen molar-refractivity contribution in [1.82, 2.24) is 9.80 Å². The topological polar surface area (TPSA) is 83.5 Å². The Hall–Kier alpha value is -2.51. The van der Waals surface area contributed by atoms with Gasteiger partial charge in [-0.05, 0) is 37.8 Å². The van der Waals surface area contributed by atoms with Crippen molar-refractivity contribution in [2.24, 2.45) is 15.7 Å². The van der Waals surface area contributed by atoms with Crippen LogP contribution in [0.3, 0.4) is 0 Å². The number of carbonyl (C=O) groups excluding carboxylic acids is 1. The number of benzene rings is 1. The summed E-state index contributed by atoms with van der Waals surface area (Å²) in [6.45, 7) is 7.66. The van der Waals surface area contributed by atoms with Crippen LogP contribution in [0.25, 0.3) is 5.57 Å². The lowest BCUT2D eigenvalue weighted by Gasteiger charge is -2.28. The Morgan fingerprint density at radius 2 is 2.07 bits per heavy atom. The van der Waals surface area contributed by atoms with E-state index in [1.807, 2.05) is 30.9 Å². The number of methoxy groups -OCH3 is 1. The van der Waals surface area contributed by atoms with Crippen LogP contribution in [-0.4, -0.2) is 79.9 Å². The molecule has 1 atom stereocenters. The normalized spacial score (nSPS) is 20.9. The fraction of sp³-hybridized carbons (Fsp3) is 0.522. The molecule has 0 bridgehead atoms. The van der Waals surface area contributed by atoms with Crippen molar-refractivity contribution in [3.63, 3.8) is 0 Å². The Kier molecular flexibility index (Phi) is 7.76. The Morgan fingerprint density at radius 3 is 2.67 bits per heavy atom. The van der Waals surface area contributed by atoms with Crippen LogP contribution >= 0.6 is 0 Å². The third-order valence-corrected chi connectivity index (χ3v) is 5.60. The maximum atomic E-state index is 12.6. The third-order valence-electron chi connectivity index (χ3n) is 5.60. The lowest BCUT2D eigenvalue weighted by Crippen LogP contribution is -2.41. The van der Waals surface area contributed by atoms with Crippen molar-refractivity contribution in [3.8, 4) is 0 Å². The number of amides is 1. The van der Waals surface area contributed by atoms with E-state index in [2.05, 4.69) is 33.1 Å². The molecule has 2 aliphatic rings. The van der Waals surface area contributed by atoms with Crippen LogP contribution in [0.1, 0.15) is 37.8 Å². The predicted octanol–water partition coefficient (Wildman–Crippen LogP) is 2.17. The summed E-state index contributed by atoms with van der Waals surface area (Å²) >= 11 is 0. The van der Waals surface area contributed by atoms with Crippen molar-refractivity contribution in [3.05, 3.63) is 41.5 Å². The first kappa shape index (κ1) is 22.2. The number of carbonyl (C=O) groups is 1. The third kappa shape index (κ3) is 6.00. The minimum Gasteiger partial charge on any atom is -0.383 e. The fourth-order valence-electron chi connectivity index (χ4n) is 3.74. The monoisotopic (exact) mass is 411 g/mol. The molecule has 1 amide bonds. The first-order valence-corrected chi connectivity index (χ1v) is 10.6. The van der Waals surface area contributed by atoms with Gasteiger partial charge >= 0.3 is 0 Å². The lowest BCUT2D eigenvalue weighted by atomic mass is 9.98. The van der Waals surface area contributed by atoms with Gasteiger partial charge in [-0.25, -0.2) is 4.99 Å². The van der Waals surface area contributed by atoms with Gasteiger partial charge in [-0.15, -0.1) is 0 Å². The summed E-state index contributed by atoms with van der Waals surface area (Å²) in [6, 6.07) is 8.29.